The van der Waals surface area contributed by atoms with E-state index in [1.54, 1.807) is 0 Å². The van der Waals surface area contributed by atoms with Gasteiger partial charge in [0.15, 0.2) is 17.7 Å². The number of hydrogen-bond acceptors (Lipinski definition) is 11. The van der Waals surface area contributed by atoms with Crippen LogP contribution in [0.3, 0.4) is 0 Å². The van der Waals surface area contributed by atoms with Crippen LogP contribution in [-0.2, 0) is 13.8 Å². The van der Waals surface area contributed by atoms with Crippen LogP contribution in [0.25, 0.3) is 11.2 Å². The van der Waals surface area contributed by atoms with E-state index in [4.69, 9.17) is 10.5 Å². The first kappa shape index (κ1) is 18.6. The van der Waals surface area contributed by atoms with Gasteiger partial charge >= 0.3 is 0 Å². The molecule has 0 bridgehead atoms. The van der Waals surface area contributed by atoms with Crippen molar-refractivity contribution in [2.45, 2.75) is 24.5 Å². The third-order valence-corrected chi connectivity index (χ3v) is 3.90. The molecule has 0 saturated carbocycles. The van der Waals surface area contributed by atoms with Crippen molar-refractivity contribution in [1.82, 2.24) is 19.5 Å². The first-order chi connectivity index (χ1) is 10.8. The normalized spacial score (nSPS) is 27.3. The van der Waals surface area contributed by atoms with Crippen molar-refractivity contribution in [2.75, 3.05) is 12.3 Å². The highest BCUT2D eigenvalue weighted by Crippen LogP contribution is 2.39. The van der Waals surface area contributed by atoms with Gasteiger partial charge in [0.2, 0.25) is 0 Å². The molecular formula is C10H14N5O8P-2. The molecule has 0 aliphatic carbocycles. The number of nitrogens with zero attached hydrogens (tertiary/aromatic N) is 4. The van der Waals surface area contributed by atoms with Crippen LogP contribution in [0.2, 0.25) is 0 Å². The van der Waals surface area contributed by atoms with E-state index in [-0.39, 0.29) is 22.5 Å². The highest BCUT2D eigenvalue weighted by atomic mass is 31.2. The fourth-order valence-electron chi connectivity index (χ4n) is 2.43. The minimum atomic E-state index is -5.38. The van der Waals surface area contributed by atoms with Gasteiger partial charge in [-0.25, -0.2) is 15.0 Å². The van der Waals surface area contributed by atoms with E-state index in [0.717, 1.165) is 0 Å². The molecule has 13 nitrogen and oxygen atoms in total. The van der Waals surface area contributed by atoms with Crippen molar-refractivity contribution in [2.24, 2.45) is 0 Å². The van der Waals surface area contributed by atoms with Crippen molar-refractivity contribution in [3.05, 3.63) is 12.7 Å². The topological polar surface area (TPSA) is 223 Å². The van der Waals surface area contributed by atoms with Gasteiger partial charge < -0.3 is 45.0 Å². The summed E-state index contributed by atoms with van der Waals surface area (Å²) in [5, 5.41) is 19.5. The minimum Gasteiger partial charge on any atom is -0.790 e. The van der Waals surface area contributed by atoms with Crippen molar-refractivity contribution < 1.29 is 39.3 Å². The van der Waals surface area contributed by atoms with E-state index in [1.165, 1.54) is 17.2 Å². The molecule has 1 aliphatic heterocycles. The number of nitrogens with two attached hydrogens (primary N) is 1. The largest absolute Gasteiger partial charge is 0.790 e. The fraction of sp³-hybridized carbons (Fsp3) is 0.500. The van der Waals surface area contributed by atoms with Crippen molar-refractivity contribution in [3.8, 4) is 0 Å². The number of aliphatic hydroxyl groups excluding tert-OH is 2. The molecule has 0 amide bonds. The average molecular weight is 363 g/mol. The number of rotatable bonds is 4. The van der Waals surface area contributed by atoms with Gasteiger partial charge in [0.05, 0.1) is 20.8 Å². The third-order valence-electron chi connectivity index (χ3n) is 3.40. The molecule has 134 valence electrons. The van der Waals surface area contributed by atoms with E-state index in [0.29, 0.717) is 0 Å². The number of ether oxygens (including phenoxy) is 1. The maximum absolute atomic E-state index is 10.8. The second-order valence-electron chi connectivity index (χ2n) is 4.84. The van der Waals surface area contributed by atoms with Crippen LogP contribution in [0.1, 0.15) is 6.23 Å². The lowest BCUT2D eigenvalue weighted by molar-refractivity contribution is -0.347. The van der Waals surface area contributed by atoms with E-state index in [9.17, 15) is 24.6 Å². The minimum absolute atomic E-state index is 0. The van der Waals surface area contributed by atoms with Gasteiger partial charge in [0.25, 0.3) is 0 Å². The highest BCUT2D eigenvalue weighted by molar-refractivity contribution is 7.43. The molecule has 2 aromatic heterocycles. The summed E-state index contributed by atoms with van der Waals surface area (Å²) in [5.41, 5.74) is 6.14. The first-order valence-electron chi connectivity index (χ1n) is 6.39. The van der Waals surface area contributed by atoms with Crippen LogP contribution in [0.5, 0.6) is 0 Å². The quantitative estimate of drug-likeness (QED) is 0.444. The second kappa shape index (κ2) is 6.66. The Hall–Kier alpha value is -1.70. The molecule has 14 heteroatoms. The predicted octanol–water partition coefficient (Wildman–Crippen LogP) is -3.95. The Morgan fingerprint density at radius 2 is 2.12 bits per heavy atom. The highest BCUT2D eigenvalue weighted by Gasteiger charge is 2.46. The predicted molar refractivity (Wildman–Crippen MR) is 72.8 cm³/mol. The Balaban J connectivity index is 0.00000208. The Kier molecular flexibility index (Phi) is 5.17. The van der Waals surface area contributed by atoms with Crippen molar-refractivity contribution in [1.29, 1.82) is 0 Å². The number of fused-ring (bicyclic) bond motifs is 1. The van der Waals surface area contributed by atoms with Gasteiger partial charge in [-0.1, -0.05) is 0 Å². The SMILES string of the molecule is Nc1ncnc2c1ncn2[C@@H]1O[C@H](CO)[C@@H](OP(=O)([O-])[O-])[C@H]1O.O. The van der Waals surface area contributed by atoms with Crippen molar-refractivity contribution >= 4 is 24.8 Å². The van der Waals surface area contributed by atoms with Gasteiger partial charge in [0.1, 0.15) is 30.2 Å². The number of phosphoric acid groups is 1. The van der Waals surface area contributed by atoms with Crippen molar-refractivity contribution in [3.63, 3.8) is 0 Å². The third kappa shape index (κ3) is 3.24. The molecule has 0 aromatic carbocycles. The van der Waals surface area contributed by atoms with E-state index in [1.807, 2.05) is 0 Å². The molecule has 4 atom stereocenters. The smallest absolute Gasteiger partial charge is 0.167 e. The monoisotopic (exact) mass is 363 g/mol. The maximum atomic E-state index is 10.8. The molecule has 1 saturated heterocycles. The van der Waals surface area contributed by atoms with Crippen LogP contribution in [0.4, 0.5) is 5.82 Å². The van der Waals surface area contributed by atoms with Crippen LogP contribution < -0.4 is 15.5 Å². The molecule has 1 aliphatic rings. The molecule has 0 spiro atoms. The van der Waals surface area contributed by atoms with E-state index in [2.05, 4.69) is 19.5 Å². The number of anilines is 1. The zero-order valence-electron chi connectivity index (χ0n) is 11.9. The number of phosphoric ester groups is 1. The molecule has 6 N–H and O–H groups in total. The van der Waals surface area contributed by atoms with Gasteiger partial charge in [-0.05, 0) is 0 Å². The second-order valence-corrected chi connectivity index (χ2v) is 5.94. The lowest BCUT2D eigenvalue weighted by Crippen LogP contribution is -2.38. The Morgan fingerprint density at radius 3 is 2.75 bits per heavy atom. The summed E-state index contributed by atoms with van der Waals surface area (Å²) in [6.07, 6.45) is -3.07. The van der Waals surface area contributed by atoms with Gasteiger partial charge in [-0.2, -0.15) is 0 Å². The molecule has 0 unspecified atom stereocenters. The molecule has 3 rings (SSSR count). The van der Waals surface area contributed by atoms with Crippen LogP contribution in [0.15, 0.2) is 12.7 Å². The van der Waals surface area contributed by atoms with Gasteiger partial charge in [-0.15, -0.1) is 0 Å². The maximum Gasteiger partial charge on any atom is 0.167 e. The standard InChI is InChI=1S/C10H14N5O7P.H2O/c11-8-5-9(13-2-12-8)15(3-14-5)10-6(17)7(4(1-16)21-10)22-23(18,19)20;/h2-4,6-7,10,16-17H,1H2,(H2,11,12,13)(H2,18,19,20);1H2/p-2/t4-,6-,7-,10-;/m1./s1. The Labute approximate surface area is 134 Å². The average Bonchev–Trinajstić information content (AvgIpc) is 3.01. The summed E-state index contributed by atoms with van der Waals surface area (Å²) < 4.78 is 21.7. The number of imidazole rings is 1. The number of nitrogen functional groups attached to an aromatic ring is 1. The van der Waals surface area contributed by atoms with Crippen LogP contribution in [-0.4, -0.2) is 60.1 Å². The molecule has 24 heavy (non-hydrogen) atoms. The summed E-state index contributed by atoms with van der Waals surface area (Å²) in [6.45, 7) is -0.665. The summed E-state index contributed by atoms with van der Waals surface area (Å²) >= 11 is 0. The zero-order valence-corrected chi connectivity index (χ0v) is 12.8. The number of aliphatic hydroxyl groups is 2. The summed E-state index contributed by atoms with van der Waals surface area (Å²) in [7, 11) is -5.38. The number of aromatic nitrogens is 4. The molecular weight excluding hydrogens is 349 g/mol. The summed E-state index contributed by atoms with van der Waals surface area (Å²) in [5.74, 6) is 0.108. The van der Waals surface area contributed by atoms with Gasteiger partial charge in [-0.3, -0.25) is 4.57 Å². The molecule has 3 heterocycles. The van der Waals surface area contributed by atoms with E-state index < -0.39 is 39.0 Å². The molecule has 0 radical (unpaired) electrons. The van der Waals surface area contributed by atoms with E-state index >= 15 is 0 Å². The zero-order chi connectivity index (χ0) is 16.8. The lowest BCUT2D eigenvalue weighted by atomic mass is 10.1. The van der Waals surface area contributed by atoms with Crippen LogP contribution in [0, 0.1) is 0 Å². The summed E-state index contributed by atoms with van der Waals surface area (Å²) in [6, 6.07) is 0. The first-order valence-corrected chi connectivity index (χ1v) is 7.85. The molecule has 1 fully saturated rings. The molecule has 2 aromatic rings. The Morgan fingerprint density at radius 1 is 1.42 bits per heavy atom. The number of hydrogen-bond donors (Lipinski definition) is 3. The summed E-state index contributed by atoms with van der Waals surface area (Å²) in [4.78, 5) is 33.3. The van der Waals surface area contributed by atoms with Gasteiger partial charge in [0, 0.05) is 0 Å². The van der Waals surface area contributed by atoms with Crippen LogP contribution >= 0.6 is 7.82 Å². The fourth-order valence-corrected chi connectivity index (χ4v) is 2.99. The lowest BCUT2D eigenvalue weighted by Gasteiger charge is -2.34. The Bertz CT molecular complexity index is 765.